The summed E-state index contributed by atoms with van der Waals surface area (Å²) < 4.78 is 7.29. The third kappa shape index (κ3) is 3.35. The van der Waals surface area contributed by atoms with Crippen molar-refractivity contribution in [2.75, 3.05) is 20.6 Å². The molecule has 4 rings (SSSR count). The number of hydrogen-bond acceptors (Lipinski definition) is 5. The predicted octanol–water partition coefficient (Wildman–Crippen LogP) is 2.78. The third-order valence-electron chi connectivity index (χ3n) is 5.18. The second-order valence-electron chi connectivity index (χ2n) is 7.48. The highest BCUT2D eigenvalue weighted by molar-refractivity contribution is 6.06. The van der Waals surface area contributed by atoms with E-state index >= 15 is 0 Å². The van der Waals surface area contributed by atoms with Crippen LogP contribution in [0.25, 0.3) is 11.0 Å². The minimum atomic E-state index is -0.0983. The van der Waals surface area contributed by atoms with Crippen molar-refractivity contribution in [3.63, 3.8) is 0 Å². The highest BCUT2D eigenvalue weighted by Gasteiger charge is 2.29. The largest absolute Gasteiger partial charge is 0.468 e. The fraction of sp³-hybridized carbons (Fsp3) is 0.450. The first-order chi connectivity index (χ1) is 13.0. The Morgan fingerprint density at radius 3 is 2.85 bits per heavy atom. The van der Waals surface area contributed by atoms with Crippen LogP contribution in [-0.4, -0.2) is 46.2 Å². The molecule has 1 saturated carbocycles. The van der Waals surface area contributed by atoms with Gasteiger partial charge in [-0.3, -0.25) is 14.4 Å². The van der Waals surface area contributed by atoms with Gasteiger partial charge in [0.2, 0.25) is 0 Å². The zero-order valence-electron chi connectivity index (χ0n) is 16.2. The van der Waals surface area contributed by atoms with Gasteiger partial charge in [-0.2, -0.15) is 5.10 Å². The van der Waals surface area contributed by atoms with E-state index in [0.29, 0.717) is 18.0 Å². The Labute approximate surface area is 158 Å². The van der Waals surface area contributed by atoms with Crippen molar-refractivity contribution in [1.82, 2.24) is 25.0 Å². The van der Waals surface area contributed by atoms with E-state index in [1.807, 2.05) is 51.2 Å². The van der Waals surface area contributed by atoms with Crippen molar-refractivity contribution in [2.45, 2.75) is 31.7 Å². The fourth-order valence-electron chi connectivity index (χ4n) is 3.53. The number of nitrogens with one attached hydrogen (secondary N) is 1. The van der Waals surface area contributed by atoms with Gasteiger partial charge in [-0.1, -0.05) is 0 Å². The summed E-state index contributed by atoms with van der Waals surface area (Å²) >= 11 is 0. The topological polar surface area (TPSA) is 76.2 Å². The van der Waals surface area contributed by atoms with E-state index in [1.165, 1.54) is 0 Å². The number of rotatable bonds is 6. The number of furan rings is 1. The SMILES string of the molecule is Cc1nn(C)c2nc(C3CC3)cc(C(=O)NC[C@H](c3ccco3)N(C)C)c12. The summed E-state index contributed by atoms with van der Waals surface area (Å²) in [6.45, 7) is 2.38. The molecule has 7 heteroatoms. The Morgan fingerprint density at radius 1 is 1.44 bits per heavy atom. The Bertz CT molecular complexity index is 970. The van der Waals surface area contributed by atoms with Crippen molar-refractivity contribution in [3.05, 3.63) is 47.2 Å². The molecule has 3 aromatic rings. The van der Waals surface area contributed by atoms with E-state index in [-0.39, 0.29) is 11.9 Å². The molecule has 0 saturated heterocycles. The van der Waals surface area contributed by atoms with Gasteiger partial charge in [0.1, 0.15) is 5.76 Å². The number of nitrogens with zero attached hydrogens (tertiary/aromatic N) is 4. The summed E-state index contributed by atoms with van der Waals surface area (Å²) in [5.41, 5.74) is 3.25. The average Bonchev–Trinajstić information content (AvgIpc) is 3.27. The molecule has 0 spiro atoms. The van der Waals surface area contributed by atoms with E-state index in [9.17, 15) is 4.79 Å². The minimum Gasteiger partial charge on any atom is -0.468 e. The van der Waals surface area contributed by atoms with E-state index in [0.717, 1.165) is 41.0 Å². The van der Waals surface area contributed by atoms with E-state index < -0.39 is 0 Å². The van der Waals surface area contributed by atoms with Crippen molar-refractivity contribution < 1.29 is 9.21 Å². The minimum absolute atomic E-state index is 0.0285. The summed E-state index contributed by atoms with van der Waals surface area (Å²) in [6.07, 6.45) is 3.93. The molecule has 142 valence electrons. The monoisotopic (exact) mass is 367 g/mol. The van der Waals surface area contributed by atoms with Crippen LogP contribution in [0.1, 0.15) is 52.3 Å². The molecule has 1 atom stereocenters. The molecule has 0 radical (unpaired) electrons. The number of carbonyl (C=O) groups excluding carboxylic acids is 1. The smallest absolute Gasteiger partial charge is 0.252 e. The fourth-order valence-corrected chi connectivity index (χ4v) is 3.53. The van der Waals surface area contributed by atoms with Gasteiger partial charge in [0.05, 0.1) is 28.9 Å². The lowest BCUT2D eigenvalue weighted by atomic mass is 10.1. The molecule has 3 aromatic heterocycles. The summed E-state index contributed by atoms with van der Waals surface area (Å²) in [5.74, 6) is 1.20. The number of aromatic nitrogens is 3. The van der Waals surface area contributed by atoms with Gasteiger partial charge in [-0.15, -0.1) is 0 Å². The van der Waals surface area contributed by atoms with E-state index in [2.05, 4.69) is 10.4 Å². The predicted molar refractivity (Wildman–Crippen MR) is 103 cm³/mol. The highest BCUT2D eigenvalue weighted by atomic mass is 16.3. The number of fused-ring (bicyclic) bond motifs is 1. The summed E-state index contributed by atoms with van der Waals surface area (Å²) in [7, 11) is 5.82. The van der Waals surface area contributed by atoms with Crippen LogP contribution in [-0.2, 0) is 7.05 Å². The van der Waals surface area contributed by atoms with E-state index in [4.69, 9.17) is 9.40 Å². The maximum atomic E-state index is 13.1. The van der Waals surface area contributed by atoms with Crippen molar-refractivity contribution in [2.24, 2.45) is 7.05 Å². The molecule has 0 unspecified atom stereocenters. The van der Waals surface area contributed by atoms with Gasteiger partial charge in [0, 0.05) is 25.2 Å². The molecule has 7 nitrogen and oxygen atoms in total. The molecule has 0 aromatic carbocycles. The second-order valence-corrected chi connectivity index (χ2v) is 7.48. The van der Waals surface area contributed by atoms with Gasteiger partial charge in [-0.25, -0.2) is 4.98 Å². The lowest BCUT2D eigenvalue weighted by molar-refractivity contribution is 0.0940. The molecule has 1 aliphatic carbocycles. The molecule has 1 N–H and O–H groups in total. The first kappa shape index (κ1) is 17.7. The van der Waals surface area contributed by atoms with Crippen LogP contribution in [0.3, 0.4) is 0 Å². The van der Waals surface area contributed by atoms with Crippen LogP contribution in [0.4, 0.5) is 0 Å². The Morgan fingerprint density at radius 2 is 2.22 bits per heavy atom. The summed E-state index contributed by atoms with van der Waals surface area (Å²) in [6, 6.07) is 5.71. The molecule has 1 aliphatic rings. The maximum Gasteiger partial charge on any atom is 0.252 e. The zero-order chi connectivity index (χ0) is 19.1. The van der Waals surface area contributed by atoms with Gasteiger partial charge >= 0.3 is 0 Å². The van der Waals surface area contributed by atoms with Crippen molar-refractivity contribution in [3.8, 4) is 0 Å². The normalized spacial score (nSPS) is 15.4. The van der Waals surface area contributed by atoms with Crippen molar-refractivity contribution in [1.29, 1.82) is 0 Å². The van der Waals surface area contributed by atoms with Crippen LogP contribution in [0.15, 0.2) is 28.9 Å². The molecule has 3 heterocycles. The first-order valence-electron chi connectivity index (χ1n) is 9.28. The second kappa shape index (κ2) is 6.81. The van der Waals surface area contributed by atoms with Gasteiger partial charge in [0.15, 0.2) is 5.65 Å². The lowest BCUT2D eigenvalue weighted by Gasteiger charge is -2.22. The molecular weight excluding hydrogens is 342 g/mol. The van der Waals surface area contributed by atoms with E-state index in [1.54, 1.807) is 10.9 Å². The Balaban J connectivity index is 1.64. The van der Waals surface area contributed by atoms with Crippen molar-refractivity contribution >= 4 is 16.9 Å². The first-order valence-corrected chi connectivity index (χ1v) is 9.28. The number of aryl methyl sites for hydroxylation is 2. The number of hydrogen-bond donors (Lipinski definition) is 1. The maximum absolute atomic E-state index is 13.1. The third-order valence-corrected chi connectivity index (χ3v) is 5.18. The van der Waals surface area contributed by atoms with Crippen LogP contribution in [0.2, 0.25) is 0 Å². The number of amides is 1. The standard InChI is InChI=1S/C20H25N5O2/c1-12-18-14(10-15(13-7-8-13)22-19(18)25(4)23-12)20(26)21-11-16(24(2)3)17-6-5-9-27-17/h5-6,9-10,13,16H,7-8,11H2,1-4H3,(H,21,26)/t16-/m1/s1. The van der Waals surface area contributed by atoms with Crippen LogP contribution < -0.4 is 5.32 Å². The molecule has 1 amide bonds. The summed E-state index contributed by atoms with van der Waals surface area (Å²) in [4.78, 5) is 19.9. The molecular formula is C20H25N5O2. The molecule has 1 fully saturated rings. The lowest BCUT2D eigenvalue weighted by Crippen LogP contribution is -2.34. The molecule has 27 heavy (non-hydrogen) atoms. The number of pyridine rings is 1. The number of carbonyl (C=O) groups is 1. The van der Waals surface area contributed by atoms with Gasteiger partial charge in [0.25, 0.3) is 5.91 Å². The number of likely N-dealkylation sites (N-methyl/N-ethyl adjacent to an activating group) is 1. The Kier molecular flexibility index (Phi) is 4.47. The molecule has 0 bridgehead atoms. The van der Waals surface area contributed by atoms with Gasteiger partial charge in [-0.05, 0) is 52.1 Å². The quantitative estimate of drug-likeness (QED) is 0.725. The zero-order valence-corrected chi connectivity index (χ0v) is 16.2. The summed E-state index contributed by atoms with van der Waals surface area (Å²) in [5, 5.41) is 8.38. The molecule has 0 aliphatic heterocycles. The Hall–Kier alpha value is -2.67. The van der Waals surface area contributed by atoms with Gasteiger partial charge < -0.3 is 9.73 Å². The highest BCUT2D eigenvalue weighted by Crippen LogP contribution is 2.40. The van der Waals surface area contributed by atoms with Crippen LogP contribution in [0, 0.1) is 6.92 Å². The van der Waals surface area contributed by atoms with Crippen LogP contribution in [0.5, 0.6) is 0 Å². The van der Waals surface area contributed by atoms with Crippen LogP contribution >= 0.6 is 0 Å². The average molecular weight is 367 g/mol.